The summed E-state index contributed by atoms with van der Waals surface area (Å²) in [7, 11) is 1.80. The molecule has 1 fully saturated rings. The number of amides is 1. The van der Waals surface area contributed by atoms with Crippen LogP contribution in [0.25, 0.3) is 10.9 Å². The number of benzene rings is 2. The largest absolute Gasteiger partial charge is 0.485 e. The van der Waals surface area contributed by atoms with E-state index in [4.69, 9.17) is 21.1 Å². The van der Waals surface area contributed by atoms with Crippen molar-refractivity contribution in [1.29, 1.82) is 0 Å². The zero-order chi connectivity index (χ0) is 25.4. The Morgan fingerprint density at radius 1 is 1.08 bits per heavy atom. The number of para-hydroxylation sites is 2. The molecule has 5 rings (SSSR count). The second-order valence-electron chi connectivity index (χ2n) is 9.18. The number of hydrogen-bond donors (Lipinski definition) is 1. The molecule has 0 saturated heterocycles. The van der Waals surface area contributed by atoms with Crippen LogP contribution in [0.4, 0.5) is 18.9 Å². The van der Waals surface area contributed by atoms with Crippen LogP contribution in [0.2, 0.25) is 5.02 Å². The molecule has 36 heavy (non-hydrogen) atoms. The minimum absolute atomic E-state index is 0.00459. The van der Waals surface area contributed by atoms with Gasteiger partial charge in [-0.1, -0.05) is 23.7 Å². The van der Waals surface area contributed by atoms with Gasteiger partial charge in [-0.15, -0.1) is 0 Å². The van der Waals surface area contributed by atoms with Crippen LogP contribution in [-0.4, -0.2) is 42.7 Å². The number of nitrogens with zero attached hydrogens (tertiary/aromatic N) is 2. The second kappa shape index (κ2) is 9.69. The van der Waals surface area contributed by atoms with E-state index in [9.17, 15) is 18.0 Å². The van der Waals surface area contributed by atoms with Crippen LogP contribution in [-0.2, 0) is 11.0 Å². The van der Waals surface area contributed by atoms with Crippen molar-refractivity contribution in [2.75, 3.05) is 18.6 Å². The van der Waals surface area contributed by atoms with Gasteiger partial charge in [0.1, 0.15) is 12.3 Å². The zero-order valence-corrected chi connectivity index (χ0v) is 20.3. The summed E-state index contributed by atoms with van der Waals surface area (Å²) in [5.74, 6) is 0.923. The summed E-state index contributed by atoms with van der Waals surface area (Å²) in [6.45, 7) is 0.139. The molecule has 3 aromatic rings. The lowest BCUT2D eigenvalue weighted by atomic mass is 9.89. The number of ether oxygens (including phenoxy) is 2. The van der Waals surface area contributed by atoms with E-state index >= 15 is 0 Å². The molecule has 2 aliphatic rings. The lowest BCUT2D eigenvalue weighted by molar-refractivity contribution is -0.141. The van der Waals surface area contributed by atoms with E-state index < -0.39 is 18.0 Å². The molecular formula is C26H25ClF3N3O3. The van der Waals surface area contributed by atoms with Gasteiger partial charge >= 0.3 is 6.18 Å². The van der Waals surface area contributed by atoms with Crippen molar-refractivity contribution in [3.8, 4) is 11.5 Å². The summed E-state index contributed by atoms with van der Waals surface area (Å²) in [6, 6.07) is 12.9. The molecule has 1 saturated carbocycles. The van der Waals surface area contributed by atoms with Crippen LogP contribution < -0.4 is 19.7 Å². The fraction of sp³-hybridized carbons (Fsp3) is 0.385. The van der Waals surface area contributed by atoms with Crippen LogP contribution in [0.1, 0.15) is 31.4 Å². The van der Waals surface area contributed by atoms with E-state index in [0.29, 0.717) is 53.3 Å². The third-order valence-electron chi connectivity index (χ3n) is 6.81. The van der Waals surface area contributed by atoms with Crippen molar-refractivity contribution in [1.82, 2.24) is 10.3 Å². The van der Waals surface area contributed by atoms with Gasteiger partial charge in [0.05, 0.1) is 5.52 Å². The number of fused-ring (bicyclic) bond motifs is 2. The number of anilines is 1. The Morgan fingerprint density at radius 3 is 2.53 bits per heavy atom. The third-order valence-corrected chi connectivity index (χ3v) is 7.05. The predicted octanol–water partition coefficient (Wildman–Crippen LogP) is 5.61. The summed E-state index contributed by atoms with van der Waals surface area (Å²) in [4.78, 5) is 18.4. The molecule has 1 aromatic heterocycles. The van der Waals surface area contributed by atoms with E-state index in [1.54, 1.807) is 25.2 Å². The van der Waals surface area contributed by atoms with Crippen LogP contribution in [0.5, 0.6) is 11.5 Å². The predicted molar refractivity (Wildman–Crippen MR) is 131 cm³/mol. The van der Waals surface area contributed by atoms with E-state index in [2.05, 4.69) is 10.3 Å². The number of nitrogens with one attached hydrogen (secondary N) is 1. The van der Waals surface area contributed by atoms with Gasteiger partial charge in [-0.3, -0.25) is 4.79 Å². The van der Waals surface area contributed by atoms with Crippen molar-refractivity contribution in [2.45, 2.75) is 50.0 Å². The summed E-state index contributed by atoms with van der Waals surface area (Å²) in [5.41, 5.74) is -0.251. The van der Waals surface area contributed by atoms with Crippen molar-refractivity contribution < 1.29 is 27.4 Å². The number of pyridine rings is 1. The fourth-order valence-corrected chi connectivity index (χ4v) is 5.04. The molecule has 2 aromatic carbocycles. The topological polar surface area (TPSA) is 63.7 Å². The molecule has 0 spiro atoms. The van der Waals surface area contributed by atoms with Crippen molar-refractivity contribution in [2.24, 2.45) is 0 Å². The number of aromatic nitrogens is 1. The standard InChI is InChI=1S/C26H25ClF3N3O3/c1-33(20-13-24(26(28,29)30)32-19-11-6-15(27)12-18(19)20)17-9-7-16(8-10-17)31-25(34)23-14-35-21-4-2-3-5-22(21)36-23/h2-6,11-13,16-17,23H,7-10,14H2,1H3,(H,31,34)/t16-,17+,23?. The molecule has 190 valence electrons. The average molecular weight is 520 g/mol. The van der Waals surface area contributed by atoms with Crippen molar-refractivity contribution in [3.63, 3.8) is 0 Å². The maximum absolute atomic E-state index is 13.5. The molecule has 6 nitrogen and oxygen atoms in total. The van der Waals surface area contributed by atoms with Crippen LogP contribution in [0, 0.1) is 0 Å². The van der Waals surface area contributed by atoms with Gasteiger partial charge in [0.25, 0.3) is 5.91 Å². The van der Waals surface area contributed by atoms with Gasteiger partial charge in [0, 0.05) is 35.2 Å². The van der Waals surface area contributed by atoms with Gasteiger partial charge < -0.3 is 19.7 Å². The molecular weight excluding hydrogens is 495 g/mol. The van der Waals surface area contributed by atoms with Crippen molar-refractivity contribution in [3.05, 3.63) is 59.2 Å². The van der Waals surface area contributed by atoms with Gasteiger partial charge in [-0.2, -0.15) is 13.2 Å². The van der Waals surface area contributed by atoms with Gasteiger partial charge in [0.2, 0.25) is 6.10 Å². The minimum atomic E-state index is -4.56. The highest BCUT2D eigenvalue weighted by molar-refractivity contribution is 6.31. The first-order valence-electron chi connectivity index (χ1n) is 11.8. The smallest absolute Gasteiger partial charge is 0.433 e. The molecule has 0 bridgehead atoms. The zero-order valence-electron chi connectivity index (χ0n) is 19.5. The Labute approximate surface area is 211 Å². The third kappa shape index (κ3) is 5.02. The molecule has 1 N–H and O–H groups in total. The van der Waals surface area contributed by atoms with E-state index in [0.717, 1.165) is 6.07 Å². The van der Waals surface area contributed by atoms with Gasteiger partial charge in [-0.25, -0.2) is 4.98 Å². The van der Waals surface area contributed by atoms with Crippen LogP contribution >= 0.6 is 11.6 Å². The summed E-state index contributed by atoms with van der Waals surface area (Å²) < 4.78 is 52.0. The minimum Gasteiger partial charge on any atom is -0.485 e. The number of carbonyl (C=O) groups excluding carboxylic acids is 1. The number of halogens is 4. The molecule has 1 aliphatic carbocycles. The Kier molecular flexibility index (Phi) is 6.59. The van der Waals surface area contributed by atoms with E-state index in [-0.39, 0.29) is 30.1 Å². The summed E-state index contributed by atoms with van der Waals surface area (Å²) in [5, 5.41) is 4.05. The van der Waals surface area contributed by atoms with Gasteiger partial charge in [0.15, 0.2) is 11.5 Å². The lowest BCUT2D eigenvalue weighted by Crippen LogP contribution is -2.49. The Bertz CT molecular complexity index is 1280. The van der Waals surface area contributed by atoms with Crippen LogP contribution in [0.15, 0.2) is 48.5 Å². The van der Waals surface area contributed by atoms with Gasteiger partial charge in [-0.05, 0) is 62.1 Å². The monoisotopic (exact) mass is 519 g/mol. The summed E-state index contributed by atoms with van der Waals surface area (Å²) in [6.07, 6.45) is -2.48. The number of rotatable bonds is 4. The van der Waals surface area contributed by atoms with E-state index in [1.807, 2.05) is 17.0 Å². The first kappa shape index (κ1) is 24.5. The molecule has 0 radical (unpaired) electrons. The Hall–Kier alpha value is -3.20. The number of alkyl halides is 3. The lowest BCUT2D eigenvalue weighted by Gasteiger charge is -2.37. The molecule has 1 atom stereocenters. The highest BCUT2D eigenvalue weighted by atomic mass is 35.5. The molecule has 2 heterocycles. The maximum atomic E-state index is 13.5. The maximum Gasteiger partial charge on any atom is 0.433 e. The van der Waals surface area contributed by atoms with E-state index in [1.165, 1.54) is 12.1 Å². The SMILES string of the molecule is CN(c1cc(C(F)(F)F)nc2ccc(Cl)cc12)[C@H]1CC[C@@H](NC(=O)C2COc3ccccc3O2)CC1. The quantitative estimate of drug-likeness (QED) is 0.485. The first-order chi connectivity index (χ1) is 17.2. The summed E-state index contributed by atoms with van der Waals surface area (Å²) >= 11 is 6.14. The Balaban J connectivity index is 1.25. The normalized spacial score (nSPS) is 21.8. The number of hydrogen-bond acceptors (Lipinski definition) is 5. The molecule has 1 amide bonds. The first-order valence-corrected chi connectivity index (χ1v) is 12.2. The van der Waals surface area contributed by atoms with Crippen LogP contribution in [0.3, 0.4) is 0 Å². The highest BCUT2D eigenvalue weighted by Gasteiger charge is 2.35. The fourth-order valence-electron chi connectivity index (χ4n) is 4.86. The average Bonchev–Trinajstić information content (AvgIpc) is 2.87. The number of carbonyl (C=O) groups is 1. The molecule has 1 aliphatic heterocycles. The molecule has 1 unspecified atom stereocenters. The highest BCUT2D eigenvalue weighted by Crippen LogP contribution is 2.37. The van der Waals surface area contributed by atoms with Crippen molar-refractivity contribution >= 4 is 34.1 Å². The Morgan fingerprint density at radius 2 is 1.81 bits per heavy atom. The second-order valence-corrected chi connectivity index (χ2v) is 9.61. The molecule has 10 heteroatoms.